The minimum atomic E-state index is -4.52. The minimum absolute atomic E-state index is 0.102. The normalized spacial score (nSPS) is 15.4. The van der Waals surface area contributed by atoms with E-state index in [4.69, 9.17) is 9.66 Å². The summed E-state index contributed by atoms with van der Waals surface area (Å²) in [5.41, 5.74) is -0.529. The highest BCUT2D eigenvalue weighted by Crippen LogP contribution is 2.11. The molecule has 98 valence electrons. The molecule has 1 unspecified atom stereocenters. The zero-order valence-electron chi connectivity index (χ0n) is 9.62. The summed E-state index contributed by atoms with van der Waals surface area (Å²) in [6.45, 7) is 3.02. The van der Waals surface area contributed by atoms with Crippen LogP contribution in [0, 0.1) is 0 Å². The maximum absolute atomic E-state index is 10.2. The first kappa shape index (κ1) is 15.8. The fraction of sp³-hybridized carbons (Fsp3) is 1.00. The molecule has 0 spiro atoms. The third-order valence-corrected chi connectivity index (χ3v) is 2.75. The zero-order valence-corrected chi connectivity index (χ0v) is 10.4. The van der Waals surface area contributed by atoms with Gasteiger partial charge in [-0.2, -0.15) is 8.42 Å². The summed E-state index contributed by atoms with van der Waals surface area (Å²) in [7, 11) is -2.85. The van der Waals surface area contributed by atoms with Crippen molar-refractivity contribution in [1.82, 2.24) is 4.90 Å². The van der Waals surface area contributed by atoms with E-state index in [0.29, 0.717) is 0 Å². The molecule has 0 bridgehead atoms. The van der Waals surface area contributed by atoms with Crippen LogP contribution in [-0.4, -0.2) is 66.5 Å². The van der Waals surface area contributed by atoms with E-state index in [-0.39, 0.29) is 13.2 Å². The molecule has 0 aromatic rings. The van der Waals surface area contributed by atoms with Crippen LogP contribution < -0.4 is 0 Å². The fourth-order valence-corrected chi connectivity index (χ4v) is 1.23. The molecule has 3 N–H and O–H groups in total. The number of hydrogen-bond acceptors (Lipinski definition) is 6. The van der Waals surface area contributed by atoms with Crippen LogP contribution in [0.1, 0.15) is 13.8 Å². The molecule has 0 aliphatic heterocycles. The molecule has 0 aromatic heterocycles. The van der Waals surface area contributed by atoms with Gasteiger partial charge in [-0.15, -0.1) is 0 Å². The Morgan fingerprint density at radius 1 is 1.44 bits per heavy atom. The van der Waals surface area contributed by atoms with Crippen LogP contribution >= 0.6 is 0 Å². The molecule has 0 aliphatic carbocycles. The Balaban J connectivity index is 4.11. The smallest absolute Gasteiger partial charge is 0.394 e. The van der Waals surface area contributed by atoms with E-state index >= 15 is 0 Å². The van der Waals surface area contributed by atoms with Gasteiger partial charge in [0.2, 0.25) is 0 Å². The minimum Gasteiger partial charge on any atom is -0.394 e. The molecule has 0 fully saturated rings. The average Bonchev–Trinajstić information content (AvgIpc) is 2.13. The van der Waals surface area contributed by atoms with Gasteiger partial charge in [0.1, 0.15) is 0 Å². The molecule has 0 saturated carbocycles. The molecule has 7 nitrogen and oxygen atoms in total. The third-order valence-electron chi connectivity index (χ3n) is 2.31. The number of likely N-dealkylation sites (N-methyl/N-ethyl adjacent to an activating group) is 1. The van der Waals surface area contributed by atoms with Gasteiger partial charge in [0.25, 0.3) is 0 Å². The Labute approximate surface area is 95.6 Å². The molecule has 0 aliphatic rings. The standard InChI is InChI=1S/C8H19NO6S/c1-8(2,6-10)9(3)4-7(11)5-15-16(12,13)14/h7,10-11H,4-6H2,1-3H3,(H,12,13,14). The molecule has 16 heavy (non-hydrogen) atoms. The van der Waals surface area contributed by atoms with Crippen molar-refractivity contribution in [1.29, 1.82) is 0 Å². The van der Waals surface area contributed by atoms with E-state index in [1.54, 1.807) is 25.8 Å². The molecule has 1 atom stereocenters. The molecule has 0 rings (SSSR count). The van der Waals surface area contributed by atoms with E-state index < -0.39 is 28.6 Å². The van der Waals surface area contributed by atoms with Crippen LogP contribution in [0.4, 0.5) is 0 Å². The predicted molar refractivity (Wildman–Crippen MR) is 57.3 cm³/mol. The topological polar surface area (TPSA) is 107 Å². The van der Waals surface area contributed by atoms with Gasteiger partial charge in [0.15, 0.2) is 0 Å². The van der Waals surface area contributed by atoms with Gasteiger partial charge in [-0.1, -0.05) is 0 Å². The lowest BCUT2D eigenvalue weighted by Gasteiger charge is -2.34. The van der Waals surface area contributed by atoms with Gasteiger partial charge < -0.3 is 10.2 Å². The molecule has 0 radical (unpaired) electrons. The van der Waals surface area contributed by atoms with Crippen molar-refractivity contribution in [3.05, 3.63) is 0 Å². The first-order valence-electron chi connectivity index (χ1n) is 4.70. The van der Waals surface area contributed by atoms with Crippen molar-refractivity contribution in [3.63, 3.8) is 0 Å². The Bertz CT molecular complexity index is 302. The zero-order chi connectivity index (χ0) is 13.0. The van der Waals surface area contributed by atoms with Crippen molar-refractivity contribution in [3.8, 4) is 0 Å². The summed E-state index contributed by atoms with van der Waals surface area (Å²) >= 11 is 0. The monoisotopic (exact) mass is 257 g/mol. The highest BCUT2D eigenvalue weighted by atomic mass is 32.3. The lowest BCUT2D eigenvalue weighted by atomic mass is 10.0. The number of β-amino-alcohol motifs (C(OH)–C–C–N with tert-alkyl or cyclic N) is 1. The van der Waals surface area contributed by atoms with Crippen molar-refractivity contribution < 1.29 is 27.4 Å². The predicted octanol–water partition coefficient (Wildman–Crippen LogP) is -1.13. The van der Waals surface area contributed by atoms with E-state index in [0.717, 1.165) is 0 Å². The molecular weight excluding hydrogens is 238 g/mol. The van der Waals surface area contributed by atoms with E-state index in [2.05, 4.69) is 4.18 Å². The summed E-state index contributed by atoms with van der Waals surface area (Å²) in [6.07, 6.45) is -1.07. The first-order valence-corrected chi connectivity index (χ1v) is 6.07. The fourth-order valence-electron chi connectivity index (χ4n) is 0.901. The molecular formula is C8H19NO6S. The quantitative estimate of drug-likeness (QED) is 0.495. The highest BCUT2D eigenvalue weighted by Gasteiger charge is 2.24. The lowest BCUT2D eigenvalue weighted by Crippen LogP contribution is -2.48. The van der Waals surface area contributed by atoms with Crippen LogP contribution in [0.25, 0.3) is 0 Å². The molecule has 0 amide bonds. The largest absolute Gasteiger partial charge is 0.397 e. The molecule has 0 saturated heterocycles. The number of nitrogens with zero attached hydrogens (tertiary/aromatic N) is 1. The summed E-state index contributed by atoms with van der Waals surface area (Å²) in [4.78, 5) is 1.66. The van der Waals surface area contributed by atoms with Gasteiger partial charge in [-0.05, 0) is 20.9 Å². The lowest BCUT2D eigenvalue weighted by molar-refractivity contribution is 0.0185. The van der Waals surface area contributed by atoms with Crippen LogP contribution in [0.3, 0.4) is 0 Å². The first-order chi connectivity index (χ1) is 7.08. The molecule has 0 heterocycles. The van der Waals surface area contributed by atoms with E-state index in [1.807, 2.05) is 0 Å². The van der Waals surface area contributed by atoms with Crippen molar-refractivity contribution in [2.24, 2.45) is 0 Å². The van der Waals surface area contributed by atoms with Gasteiger partial charge in [0.05, 0.1) is 19.3 Å². The van der Waals surface area contributed by atoms with E-state index in [1.165, 1.54) is 0 Å². The Kier molecular flexibility index (Phi) is 5.80. The van der Waals surface area contributed by atoms with Gasteiger partial charge in [-0.25, -0.2) is 4.18 Å². The Morgan fingerprint density at radius 2 is 1.94 bits per heavy atom. The maximum atomic E-state index is 10.2. The summed E-state index contributed by atoms with van der Waals surface area (Å²) in [6, 6.07) is 0. The van der Waals surface area contributed by atoms with Crippen LogP contribution in [0.15, 0.2) is 0 Å². The maximum Gasteiger partial charge on any atom is 0.397 e. The SMILES string of the molecule is CN(CC(O)COS(=O)(=O)O)C(C)(C)CO. The molecule has 0 aromatic carbocycles. The second kappa shape index (κ2) is 5.89. The Hall–Kier alpha value is -0.250. The number of aliphatic hydroxyl groups excluding tert-OH is 2. The Morgan fingerprint density at radius 3 is 2.31 bits per heavy atom. The van der Waals surface area contributed by atoms with Crippen LogP contribution in [0.5, 0.6) is 0 Å². The number of aliphatic hydroxyl groups is 2. The number of rotatable bonds is 7. The molecule has 8 heteroatoms. The second-order valence-corrected chi connectivity index (χ2v) is 5.31. The van der Waals surface area contributed by atoms with Gasteiger partial charge in [-0.3, -0.25) is 9.45 Å². The second-order valence-electron chi connectivity index (χ2n) is 4.22. The van der Waals surface area contributed by atoms with Gasteiger partial charge in [0, 0.05) is 12.1 Å². The third kappa shape index (κ3) is 6.36. The van der Waals surface area contributed by atoms with Gasteiger partial charge >= 0.3 is 10.4 Å². The van der Waals surface area contributed by atoms with Crippen molar-refractivity contribution >= 4 is 10.4 Å². The average molecular weight is 257 g/mol. The highest BCUT2D eigenvalue weighted by molar-refractivity contribution is 7.80. The van der Waals surface area contributed by atoms with Crippen molar-refractivity contribution in [2.75, 3.05) is 26.8 Å². The van der Waals surface area contributed by atoms with E-state index in [9.17, 15) is 13.5 Å². The summed E-state index contributed by atoms with van der Waals surface area (Å²) in [5, 5.41) is 18.5. The summed E-state index contributed by atoms with van der Waals surface area (Å²) in [5.74, 6) is 0. The number of hydrogen-bond donors (Lipinski definition) is 3. The van der Waals surface area contributed by atoms with Crippen LogP contribution in [-0.2, 0) is 14.6 Å². The van der Waals surface area contributed by atoms with Crippen LogP contribution in [0.2, 0.25) is 0 Å². The van der Waals surface area contributed by atoms with Crippen molar-refractivity contribution in [2.45, 2.75) is 25.5 Å². The summed E-state index contributed by atoms with van der Waals surface area (Å²) < 4.78 is 32.8.